The first-order valence-corrected chi connectivity index (χ1v) is 8.97. The Balaban J connectivity index is 3.03. The van der Waals surface area contributed by atoms with Crippen LogP contribution in [0.25, 0.3) is 0 Å². The highest BCUT2D eigenvalue weighted by atomic mass is 35.5. The molecular formula is C14H21ClN2O3S. The molecule has 0 aliphatic heterocycles. The number of hydrogen-bond acceptors (Lipinski definition) is 3. The van der Waals surface area contributed by atoms with Gasteiger partial charge in [-0.1, -0.05) is 24.9 Å². The first-order chi connectivity index (χ1) is 9.65. The molecule has 0 unspecified atom stereocenters. The van der Waals surface area contributed by atoms with Crippen molar-refractivity contribution >= 4 is 33.2 Å². The van der Waals surface area contributed by atoms with Crippen LogP contribution >= 0.6 is 11.6 Å². The minimum atomic E-state index is -3.45. The van der Waals surface area contributed by atoms with E-state index in [2.05, 4.69) is 11.6 Å². The van der Waals surface area contributed by atoms with Crippen LogP contribution in [0.3, 0.4) is 0 Å². The summed E-state index contributed by atoms with van der Waals surface area (Å²) < 4.78 is 24.9. The van der Waals surface area contributed by atoms with E-state index in [0.29, 0.717) is 5.56 Å². The van der Waals surface area contributed by atoms with E-state index in [4.69, 9.17) is 11.6 Å². The fourth-order valence-corrected chi connectivity index (χ4v) is 2.74. The van der Waals surface area contributed by atoms with E-state index in [1.54, 1.807) is 18.0 Å². The van der Waals surface area contributed by atoms with Gasteiger partial charge in [0.25, 0.3) is 5.91 Å². The largest absolute Gasteiger partial charge is 0.339 e. The maximum absolute atomic E-state index is 12.4. The topological polar surface area (TPSA) is 66.5 Å². The molecule has 0 spiro atoms. The fourth-order valence-electron chi connectivity index (χ4n) is 1.95. The van der Waals surface area contributed by atoms with Crippen molar-refractivity contribution < 1.29 is 13.2 Å². The lowest BCUT2D eigenvalue weighted by atomic mass is 10.1. The van der Waals surface area contributed by atoms with Crippen LogP contribution in [0.1, 0.15) is 37.0 Å². The van der Waals surface area contributed by atoms with E-state index in [1.807, 2.05) is 6.92 Å². The second-order valence-corrected chi connectivity index (χ2v) is 7.28. The number of rotatable bonds is 6. The van der Waals surface area contributed by atoms with Crippen molar-refractivity contribution in [1.82, 2.24) is 4.90 Å². The zero-order valence-corrected chi connectivity index (χ0v) is 14.3. The summed E-state index contributed by atoms with van der Waals surface area (Å²) in [6.45, 7) is 4.04. The van der Waals surface area contributed by atoms with Crippen LogP contribution in [0.15, 0.2) is 18.2 Å². The van der Waals surface area contributed by atoms with E-state index in [9.17, 15) is 13.2 Å². The van der Waals surface area contributed by atoms with Crippen LogP contribution in [0.2, 0.25) is 5.02 Å². The standard InChI is InChI=1S/C14H21ClN2O3S/c1-5-6-10(2)17(3)14(18)11-7-8-12(15)13(9-11)16-21(4,19)20/h7-10,16H,5-6H2,1-4H3/t10-/m0/s1. The quantitative estimate of drug-likeness (QED) is 0.870. The Morgan fingerprint density at radius 1 is 1.43 bits per heavy atom. The number of anilines is 1. The Kier molecular flexibility index (Phi) is 6.04. The number of benzene rings is 1. The maximum Gasteiger partial charge on any atom is 0.253 e. The van der Waals surface area contributed by atoms with Gasteiger partial charge in [-0.2, -0.15) is 0 Å². The Bertz CT molecular complexity index is 617. The van der Waals surface area contributed by atoms with Crippen LogP contribution in [0.5, 0.6) is 0 Å². The van der Waals surface area contributed by atoms with Crippen LogP contribution in [0, 0.1) is 0 Å². The molecule has 0 heterocycles. The molecule has 0 bridgehead atoms. The van der Waals surface area contributed by atoms with Crippen molar-refractivity contribution in [3.05, 3.63) is 28.8 Å². The highest BCUT2D eigenvalue weighted by Gasteiger charge is 2.18. The summed E-state index contributed by atoms with van der Waals surface area (Å²) in [4.78, 5) is 14.0. The molecule has 5 nitrogen and oxygen atoms in total. The molecule has 1 rings (SSSR count). The lowest BCUT2D eigenvalue weighted by molar-refractivity contribution is 0.0737. The normalized spacial score (nSPS) is 12.8. The molecule has 0 saturated carbocycles. The molecule has 0 saturated heterocycles. The van der Waals surface area contributed by atoms with Crippen molar-refractivity contribution in [1.29, 1.82) is 0 Å². The van der Waals surface area contributed by atoms with Gasteiger partial charge in [-0.05, 0) is 31.5 Å². The number of nitrogens with zero attached hydrogens (tertiary/aromatic N) is 1. The van der Waals surface area contributed by atoms with E-state index in [1.165, 1.54) is 12.1 Å². The molecular weight excluding hydrogens is 312 g/mol. The maximum atomic E-state index is 12.4. The van der Waals surface area contributed by atoms with E-state index in [-0.39, 0.29) is 22.7 Å². The zero-order chi connectivity index (χ0) is 16.2. The molecule has 0 aliphatic carbocycles. The first-order valence-electron chi connectivity index (χ1n) is 6.70. The SMILES string of the molecule is CCC[C@H](C)N(C)C(=O)c1ccc(Cl)c(NS(C)(=O)=O)c1. The van der Waals surface area contributed by atoms with Crippen LogP contribution < -0.4 is 4.72 Å². The van der Waals surface area contributed by atoms with E-state index in [0.717, 1.165) is 19.1 Å². The molecule has 21 heavy (non-hydrogen) atoms. The van der Waals surface area contributed by atoms with E-state index >= 15 is 0 Å². The number of halogens is 1. The Labute approximate surface area is 131 Å². The average Bonchev–Trinajstić information content (AvgIpc) is 2.38. The van der Waals surface area contributed by atoms with Crippen LogP contribution in [-0.4, -0.2) is 38.6 Å². The van der Waals surface area contributed by atoms with Gasteiger partial charge in [-0.15, -0.1) is 0 Å². The fraction of sp³-hybridized carbons (Fsp3) is 0.500. The highest BCUT2D eigenvalue weighted by molar-refractivity contribution is 7.92. The van der Waals surface area contributed by atoms with E-state index < -0.39 is 10.0 Å². The van der Waals surface area contributed by atoms with Gasteiger partial charge < -0.3 is 4.90 Å². The second kappa shape index (κ2) is 7.13. The van der Waals surface area contributed by atoms with Gasteiger partial charge in [0.1, 0.15) is 0 Å². The predicted molar refractivity (Wildman–Crippen MR) is 86.4 cm³/mol. The third-order valence-electron chi connectivity index (χ3n) is 3.20. The molecule has 0 aliphatic rings. The smallest absolute Gasteiger partial charge is 0.253 e. The summed E-state index contributed by atoms with van der Waals surface area (Å²) in [5, 5.41) is 0.251. The molecule has 0 radical (unpaired) electrons. The predicted octanol–water partition coefficient (Wildman–Crippen LogP) is 2.97. The number of sulfonamides is 1. The number of amides is 1. The van der Waals surface area contributed by atoms with Crippen molar-refractivity contribution in [2.45, 2.75) is 32.7 Å². The minimum absolute atomic E-state index is 0.115. The molecule has 0 fully saturated rings. The van der Waals surface area contributed by atoms with Crippen molar-refractivity contribution in [2.75, 3.05) is 18.0 Å². The second-order valence-electron chi connectivity index (χ2n) is 5.12. The third-order valence-corrected chi connectivity index (χ3v) is 4.12. The summed E-state index contributed by atoms with van der Waals surface area (Å²) in [5.74, 6) is -0.163. The van der Waals surface area contributed by atoms with Gasteiger partial charge in [-0.3, -0.25) is 9.52 Å². The molecule has 1 amide bonds. The summed E-state index contributed by atoms with van der Waals surface area (Å²) in [6.07, 6.45) is 2.93. The van der Waals surface area contributed by atoms with Gasteiger partial charge >= 0.3 is 0 Å². The Morgan fingerprint density at radius 3 is 2.57 bits per heavy atom. The van der Waals surface area contributed by atoms with Crippen molar-refractivity contribution in [3.8, 4) is 0 Å². The molecule has 118 valence electrons. The monoisotopic (exact) mass is 332 g/mol. The molecule has 7 heteroatoms. The lowest BCUT2D eigenvalue weighted by Crippen LogP contribution is -2.35. The number of carbonyl (C=O) groups excluding carboxylic acids is 1. The summed E-state index contributed by atoms with van der Waals surface area (Å²) in [6, 6.07) is 4.68. The van der Waals surface area contributed by atoms with Gasteiger partial charge in [0, 0.05) is 18.7 Å². The summed E-state index contributed by atoms with van der Waals surface area (Å²) >= 11 is 5.95. The number of nitrogens with one attached hydrogen (secondary N) is 1. The number of hydrogen-bond donors (Lipinski definition) is 1. The van der Waals surface area contributed by atoms with Crippen molar-refractivity contribution in [2.24, 2.45) is 0 Å². The average molecular weight is 333 g/mol. The Morgan fingerprint density at radius 2 is 2.05 bits per heavy atom. The summed E-state index contributed by atoms with van der Waals surface area (Å²) in [7, 11) is -1.71. The minimum Gasteiger partial charge on any atom is -0.339 e. The molecule has 0 aromatic heterocycles. The van der Waals surface area contributed by atoms with Crippen LogP contribution in [0.4, 0.5) is 5.69 Å². The zero-order valence-electron chi connectivity index (χ0n) is 12.7. The van der Waals surface area contributed by atoms with Gasteiger partial charge in [-0.25, -0.2) is 8.42 Å². The summed E-state index contributed by atoms with van der Waals surface area (Å²) in [5.41, 5.74) is 0.609. The van der Waals surface area contributed by atoms with Crippen LogP contribution in [-0.2, 0) is 10.0 Å². The van der Waals surface area contributed by atoms with Crippen molar-refractivity contribution in [3.63, 3.8) is 0 Å². The Hall–Kier alpha value is -1.27. The van der Waals surface area contributed by atoms with Gasteiger partial charge in [0.15, 0.2) is 0 Å². The van der Waals surface area contributed by atoms with Gasteiger partial charge in [0.2, 0.25) is 10.0 Å². The van der Waals surface area contributed by atoms with Gasteiger partial charge in [0.05, 0.1) is 17.0 Å². The number of carbonyl (C=O) groups is 1. The molecule has 1 N–H and O–H groups in total. The lowest BCUT2D eigenvalue weighted by Gasteiger charge is -2.25. The third kappa shape index (κ3) is 5.21. The highest BCUT2D eigenvalue weighted by Crippen LogP contribution is 2.25. The molecule has 1 atom stereocenters. The first kappa shape index (κ1) is 17.8. The molecule has 1 aromatic rings. The molecule has 1 aromatic carbocycles.